The van der Waals surface area contributed by atoms with Gasteiger partial charge in [-0.3, -0.25) is 4.79 Å². The second kappa shape index (κ2) is 5.35. The van der Waals surface area contributed by atoms with Crippen molar-refractivity contribution < 1.29 is 9.18 Å². The molecule has 18 heavy (non-hydrogen) atoms. The maximum absolute atomic E-state index is 13.9. The lowest BCUT2D eigenvalue weighted by molar-refractivity contribution is -0.118. The molecule has 0 aromatic heterocycles. The number of hydrogen-bond donors (Lipinski definition) is 1. The molecule has 98 valence electrons. The number of carbonyl (C=O) groups excluding carboxylic acids is 1. The molecule has 0 aliphatic carbocycles. The fourth-order valence-electron chi connectivity index (χ4n) is 2.25. The third kappa shape index (κ3) is 2.31. The molecule has 0 unspecified atom stereocenters. The van der Waals surface area contributed by atoms with Crippen LogP contribution in [0.4, 0.5) is 15.8 Å². The third-order valence-corrected chi connectivity index (χ3v) is 3.24. The molecule has 1 aromatic carbocycles. The normalized spacial score (nSPS) is 15.6. The molecule has 0 atom stereocenters. The first-order chi connectivity index (χ1) is 8.65. The van der Waals surface area contributed by atoms with E-state index in [0.717, 1.165) is 18.7 Å². The molecule has 0 saturated heterocycles. The van der Waals surface area contributed by atoms with Crippen LogP contribution in [0.2, 0.25) is 0 Å². The van der Waals surface area contributed by atoms with Gasteiger partial charge in [-0.2, -0.15) is 0 Å². The lowest BCUT2D eigenvalue weighted by Crippen LogP contribution is -2.27. The molecule has 1 aromatic rings. The molecule has 4 nitrogen and oxygen atoms in total. The van der Waals surface area contributed by atoms with E-state index < -0.39 is 0 Å². The van der Waals surface area contributed by atoms with Gasteiger partial charge in [-0.25, -0.2) is 4.39 Å². The maximum Gasteiger partial charge on any atom is 0.228 e. The lowest BCUT2D eigenvalue weighted by Gasteiger charge is -2.25. The molecule has 2 rings (SSSR count). The van der Waals surface area contributed by atoms with Gasteiger partial charge in [0.15, 0.2) is 0 Å². The molecule has 0 spiro atoms. The number of hydrogen-bond acceptors (Lipinski definition) is 3. The number of fused-ring (bicyclic) bond motifs is 1. The van der Waals surface area contributed by atoms with Crippen LogP contribution in [0.5, 0.6) is 0 Å². The van der Waals surface area contributed by atoms with Crippen molar-refractivity contribution in [2.24, 2.45) is 5.73 Å². The van der Waals surface area contributed by atoms with Gasteiger partial charge in [0.1, 0.15) is 11.5 Å². The summed E-state index contributed by atoms with van der Waals surface area (Å²) in [6.45, 7) is 1.94. The summed E-state index contributed by atoms with van der Waals surface area (Å²) in [4.78, 5) is 15.3. The predicted molar refractivity (Wildman–Crippen MR) is 70.3 cm³/mol. The van der Waals surface area contributed by atoms with E-state index in [2.05, 4.69) is 0 Å². The molecule has 1 aliphatic heterocycles. The van der Waals surface area contributed by atoms with Crippen LogP contribution < -0.4 is 15.5 Å². The van der Waals surface area contributed by atoms with Crippen LogP contribution in [0.3, 0.4) is 0 Å². The molecule has 0 fully saturated rings. The zero-order valence-electron chi connectivity index (χ0n) is 10.5. The third-order valence-electron chi connectivity index (χ3n) is 3.24. The summed E-state index contributed by atoms with van der Waals surface area (Å²) in [7, 11) is 1.62. The predicted octanol–water partition coefficient (Wildman–Crippen LogP) is 1.35. The number of rotatable bonds is 3. The summed E-state index contributed by atoms with van der Waals surface area (Å²) in [5.41, 5.74) is 6.66. The second-order valence-corrected chi connectivity index (χ2v) is 4.44. The number of nitrogens with zero attached hydrogens (tertiary/aromatic N) is 2. The summed E-state index contributed by atoms with van der Waals surface area (Å²) in [5.74, 6) is -0.417. The smallest absolute Gasteiger partial charge is 0.228 e. The van der Waals surface area contributed by atoms with E-state index in [4.69, 9.17) is 5.73 Å². The fraction of sp³-hybridized carbons (Fsp3) is 0.462. The van der Waals surface area contributed by atoms with Crippen LogP contribution in [-0.2, 0) is 4.79 Å². The summed E-state index contributed by atoms with van der Waals surface area (Å²) < 4.78 is 13.9. The van der Waals surface area contributed by atoms with Gasteiger partial charge in [0.2, 0.25) is 5.91 Å². The highest BCUT2D eigenvalue weighted by Gasteiger charge is 2.25. The van der Waals surface area contributed by atoms with Gasteiger partial charge in [0.25, 0.3) is 0 Å². The Morgan fingerprint density at radius 1 is 1.44 bits per heavy atom. The van der Waals surface area contributed by atoms with E-state index in [9.17, 15) is 9.18 Å². The highest BCUT2D eigenvalue weighted by molar-refractivity contribution is 5.98. The number of benzene rings is 1. The van der Waals surface area contributed by atoms with Gasteiger partial charge >= 0.3 is 0 Å². The van der Waals surface area contributed by atoms with Crippen LogP contribution in [-0.4, -0.2) is 32.6 Å². The first-order valence-corrected chi connectivity index (χ1v) is 6.15. The van der Waals surface area contributed by atoms with E-state index in [1.807, 2.05) is 11.0 Å². The van der Waals surface area contributed by atoms with Gasteiger partial charge in [-0.05, 0) is 25.1 Å². The Morgan fingerprint density at radius 3 is 2.94 bits per heavy atom. The fourth-order valence-corrected chi connectivity index (χ4v) is 2.25. The van der Waals surface area contributed by atoms with Gasteiger partial charge in [-0.15, -0.1) is 0 Å². The largest absolute Gasteiger partial charge is 0.369 e. The highest BCUT2D eigenvalue weighted by Crippen LogP contribution is 2.34. The minimum Gasteiger partial charge on any atom is -0.369 e. The molecule has 1 heterocycles. The molecule has 1 aliphatic rings. The van der Waals surface area contributed by atoms with E-state index in [0.29, 0.717) is 25.2 Å². The van der Waals surface area contributed by atoms with Gasteiger partial charge < -0.3 is 15.5 Å². The molecule has 1 amide bonds. The van der Waals surface area contributed by atoms with Crippen molar-refractivity contribution in [1.29, 1.82) is 0 Å². The maximum atomic E-state index is 13.9. The van der Waals surface area contributed by atoms with Crippen molar-refractivity contribution in [1.82, 2.24) is 0 Å². The standard InChI is InChI=1S/C13H18FN3O/c1-16-12(18)6-9-17(8-3-7-15)11-5-2-4-10(14)13(11)16/h2,4-5H,3,6-9,15H2,1H3. The molecular formula is C13H18FN3O. The SMILES string of the molecule is CN1C(=O)CCN(CCCN)c2cccc(F)c21. The number of para-hydroxylation sites is 1. The number of nitrogens with two attached hydrogens (primary N) is 1. The molecule has 0 radical (unpaired) electrons. The van der Waals surface area contributed by atoms with Crippen molar-refractivity contribution >= 4 is 17.3 Å². The Balaban J connectivity index is 2.41. The summed E-state index contributed by atoms with van der Waals surface area (Å²) in [5, 5.41) is 0. The summed E-state index contributed by atoms with van der Waals surface area (Å²) >= 11 is 0. The number of halogens is 1. The Kier molecular flexibility index (Phi) is 3.81. The van der Waals surface area contributed by atoms with E-state index >= 15 is 0 Å². The van der Waals surface area contributed by atoms with Crippen molar-refractivity contribution in [2.75, 3.05) is 36.5 Å². The number of amides is 1. The van der Waals surface area contributed by atoms with Crippen molar-refractivity contribution in [3.63, 3.8) is 0 Å². The average molecular weight is 251 g/mol. The summed E-state index contributed by atoms with van der Waals surface area (Å²) in [6, 6.07) is 4.91. The van der Waals surface area contributed by atoms with Crippen molar-refractivity contribution in [3.05, 3.63) is 24.0 Å². The van der Waals surface area contributed by atoms with Crippen LogP contribution in [0.15, 0.2) is 18.2 Å². The Hall–Kier alpha value is -1.62. The molecule has 0 saturated carbocycles. The van der Waals surface area contributed by atoms with Crippen LogP contribution in [0.25, 0.3) is 0 Å². The minimum atomic E-state index is -0.358. The van der Waals surface area contributed by atoms with Gasteiger partial charge in [0, 0.05) is 26.6 Å². The molecular weight excluding hydrogens is 233 g/mol. The monoisotopic (exact) mass is 251 g/mol. The topological polar surface area (TPSA) is 49.6 Å². The molecule has 2 N–H and O–H groups in total. The molecule has 0 bridgehead atoms. The first kappa shape index (κ1) is 12.8. The minimum absolute atomic E-state index is 0.0587. The Labute approximate surface area is 106 Å². The van der Waals surface area contributed by atoms with Crippen LogP contribution in [0.1, 0.15) is 12.8 Å². The van der Waals surface area contributed by atoms with Crippen molar-refractivity contribution in [2.45, 2.75) is 12.8 Å². The van der Waals surface area contributed by atoms with Gasteiger partial charge in [-0.1, -0.05) is 6.07 Å². The first-order valence-electron chi connectivity index (χ1n) is 6.15. The molecule has 5 heteroatoms. The van der Waals surface area contributed by atoms with E-state index in [1.165, 1.54) is 11.0 Å². The number of carbonyl (C=O) groups is 1. The Morgan fingerprint density at radius 2 is 2.22 bits per heavy atom. The van der Waals surface area contributed by atoms with E-state index in [1.54, 1.807) is 13.1 Å². The lowest BCUT2D eigenvalue weighted by atomic mass is 10.2. The van der Waals surface area contributed by atoms with E-state index in [-0.39, 0.29) is 11.7 Å². The second-order valence-electron chi connectivity index (χ2n) is 4.44. The van der Waals surface area contributed by atoms with Gasteiger partial charge in [0.05, 0.1) is 5.69 Å². The quantitative estimate of drug-likeness (QED) is 0.882. The highest BCUT2D eigenvalue weighted by atomic mass is 19.1. The van der Waals surface area contributed by atoms with Crippen LogP contribution >= 0.6 is 0 Å². The average Bonchev–Trinajstić information content (AvgIpc) is 2.48. The van der Waals surface area contributed by atoms with Crippen LogP contribution in [0, 0.1) is 5.82 Å². The summed E-state index contributed by atoms with van der Waals surface area (Å²) in [6.07, 6.45) is 1.23. The number of anilines is 2. The Bertz CT molecular complexity index is 450. The van der Waals surface area contributed by atoms with Crippen molar-refractivity contribution in [3.8, 4) is 0 Å². The zero-order chi connectivity index (χ0) is 13.1. The zero-order valence-corrected chi connectivity index (χ0v) is 10.5.